The van der Waals surface area contributed by atoms with Crippen molar-refractivity contribution in [2.45, 2.75) is 26.3 Å². The molecule has 1 amide bonds. The van der Waals surface area contributed by atoms with Gasteiger partial charge in [0.2, 0.25) is 0 Å². The molecule has 0 bridgehead atoms. The zero-order valence-electron chi connectivity index (χ0n) is 13.1. The van der Waals surface area contributed by atoms with Gasteiger partial charge in [-0.15, -0.1) is 0 Å². The third-order valence-electron chi connectivity index (χ3n) is 3.48. The first-order valence-corrected chi connectivity index (χ1v) is 7.54. The number of nitrogens with zero attached hydrogens (tertiary/aromatic N) is 3. The van der Waals surface area contributed by atoms with Crippen molar-refractivity contribution in [3.8, 4) is 0 Å². The maximum absolute atomic E-state index is 12.2. The fourth-order valence-corrected chi connectivity index (χ4v) is 2.07. The molecule has 0 spiro atoms. The molecule has 2 rings (SSSR count). The molecule has 2 heterocycles. The molecule has 1 N–H and O–H groups in total. The summed E-state index contributed by atoms with van der Waals surface area (Å²) in [6, 6.07) is 5.64. The fraction of sp³-hybridized carbons (Fsp3) is 0.353. The Morgan fingerprint density at radius 3 is 2.73 bits per heavy atom. The first-order valence-electron chi connectivity index (χ1n) is 7.54. The van der Waals surface area contributed by atoms with Crippen molar-refractivity contribution < 1.29 is 4.79 Å². The van der Waals surface area contributed by atoms with Crippen molar-refractivity contribution in [1.82, 2.24) is 15.3 Å². The smallest absolute Gasteiger partial charge is 0.253 e. The van der Waals surface area contributed by atoms with Gasteiger partial charge in [0.15, 0.2) is 0 Å². The van der Waals surface area contributed by atoms with E-state index in [2.05, 4.69) is 27.1 Å². The Kier molecular flexibility index (Phi) is 5.89. The number of carbonyl (C=O) groups excluding carboxylic acids is 1. The van der Waals surface area contributed by atoms with Crippen LogP contribution in [0.1, 0.15) is 35.7 Å². The van der Waals surface area contributed by atoms with Gasteiger partial charge in [0, 0.05) is 38.7 Å². The minimum atomic E-state index is -0.116. The number of hydrogen-bond donors (Lipinski definition) is 1. The van der Waals surface area contributed by atoms with Crippen molar-refractivity contribution in [3.05, 3.63) is 54.1 Å². The molecular formula is C17H22N4O. The van der Waals surface area contributed by atoms with E-state index in [9.17, 15) is 4.79 Å². The first kappa shape index (κ1) is 15.9. The number of aromatic nitrogens is 2. The lowest BCUT2D eigenvalue weighted by Crippen LogP contribution is -2.24. The Balaban J connectivity index is 1.97. The van der Waals surface area contributed by atoms with Crippen LogP contribution < -0.4 is 10.2 Å². The monoisotopic (exact) mass is 298 g/mol. The number of rotatable bonds is 7. The summed E-state index contributed by atoms with van der Waals surface area (Å²) < 4.78 is 0. The quantitative estimate of drug-likeness (QED) is 0.853. The number of unbranched alkanes of at least 4 members (excludes halogenated alkanes) is 1. The molecule has 0 aromatic carbocycles. The van der Waals surface area contributed by atoms with Crippen LogP contribution in [0, 0.1) is 0 Å². The van der Waals surface area contributed by atoms with Gasteiger partial charge in [0.25, 0.3) is 5.91 Å². The summed E-state index contributed by atoms with van der Waals surface area (Å²) in [6.07, 6.45) is 9.08. The molecule has 0 aliphatic carbocycles. The van der Waals surface area contributed by atoms with E-state index in [0.717, 1.165) is 30.6 Å². The van der Waals surface area contributed by atoms with E-state index in [1.165, 1.54) is 0 Å². The highest BCUT2D eigenvalue weighted by molar-refractivity contribution is 5.94. The molecule has 0 atom stereocenters. The standard InChI is InChI=1S/C17H22N4O/c1-3-4-9-21(2)16-10-15(12-19-13-16)17(22)20-11-14-5-7-18-8-6-14/h5-8,10,12-13H,3-4,9,11H2,1-2H3,(H,20,22). The topological polar surface area (TPSA) is 58.1 Å². The number of amides is 1. The molecule has 2 aromatic rings. The Bertz CT molecular complexity index is 601. The molecular weight excluding hydrogens is 276 g/mol. The third-order valence-corrected chi connectivity index (χ3v) is 3.48. The summed E-state index contributed by atoms with van der Waals surface area (Å²) in [4.78, 5) is 22.5. The lowest BCUT2D eigenvalue weighted by atomic mass is 10.2. The minimum Gasteiger partial charge on any atom is -0.373 e. The second-order valence-corrected chi connectivity index (χ2v) is 5.25. The SMILES string of the molecule is CCCCN(C)c1cncc(C(=O)NCc2ccncc2)c1. The molecule has 22 heavy (non-hydrogen) atoms. The first-order chi connectivity index (χ1) is 10.7. The summed E-state index contributed by atoms with van der Waals surface area (Å²) in [5, 5.41) is 2.90. The summed E-state index contributed by atoms with van der Waals surface area (Å²) in [6.45, 7) is 3.60. The largest absolute Gasteiger partial charge is 0.373 e. The van der Waals surface area contributed by atoms with Gasteiger partial charge in [-0.3, -0.25) is 14.8 Å². The number of anilines is 1. The van der Waals surface area contributed by atoms with Crippen molar-refractivity contribution in [3.63, 3.8) is 0 Å². The number of hydrogen-bond acceptors (Lipinski definition) is 4. The Labute approximate surface area is 131 Å². The molecule has 0 saturated carbocycles. The zero-order valence-corrected chi connectivity index (χ0v) is 13.1. The second kappa shape index (κ2) is 8.12. The summed E-state index contributed by atoms with van der Waals surface area (Å²) in [5.74, 6) is -0.116. The van der Waals surface area contributed by atoms with Gasteiger partial charge >= 0.3 is 0 Å². The average molecular weight is 298 g/mol. The van der Waals surface area contributed by atoms with Crippen molar-refractivity contribution in [2.24, 2.45) is 0 Å². The molecule has 0 radical (unpaired) electrons. The van der Waals surface area contributed by atoms with E-state index >= 15 is 0 Å². The molecule has 5 heteroatoms. The second-order valence-electron chi connectivity index (χ2n) is 5.25. The molecule has 0 saturated heterocycles. The molecule has 5 nitrogen and oxygen atoms in total. The number of nitrogens with one attached hydrogen (secondary N) is 1. The van der Waals surface area contributed by atoms with Crippen LogP contribution in [0.25, 0.3) is 0 Å². The summed E-state index contributed by atoms with van der Waals surface area (Å²) in [7, 11) is 2.02. The van der Waals surface area contributed by atoms with Crippen molar-refractivity contribution in [1.29, 1.82) is 0 Å². The number of pyridine rings is 2. The van der Waals surface area contributed by atoms with Crippen LogP contribution in [0.5, 0.6) is 0 Å². The van der Waals surface area contributed by atoms with E-state index in [4.69, 9.17) is 0 Å². The maximum Gasteiger partial charge on any atom is 0.253 e. The van der Waals surface area contributed by atoms with Gasteiger partial charge in [0.1, 0.15) is 0 Å². The highest BCUT2D eigenvalue weighted by Crippen LogP contribution is 2.13. The van der Waals surface area contributed by atoms with E-state index in [1.807, 2.05) is 25.2 Å². The highest BCUT2D eigenvalue weighted by atomic mass is 16.1. The lowest BCUT2D eigenvalue weighted by Gasteiger charge is -2.19. The average Bonchev–Trinajstić information content (AvgIpc) is 2.58. The van der Waals surface area contributed by atoms with E-state index in [0.29, 0.717) is 12.1 Å². The van der Waals surface area contributed by atoms with Crippen molar-refractivity contribution in [2.75, 3.05) is 18.5 Å². The molecule has 0 aliphatic rings. The zero-order chi connectivity index (χ0) is 15.8. The summed E-state index contributed by atoms with van der Waals surface area (Å²) >= 11 is 0. The molecule has 0 fully saturated rings. The fourth-order valence-electron chi connectivity index (χ4n) is 2.07. The van der Waals surface area contributed by atoms with Gasteiger partial charge in [-0.25, -0.2) is 0 Å². The highest BCUT2D eigenvalue weighted by Gasteiger charge is 2.08. The predicted molar refractivity (Wildman–Crippen MR) is 87.8 cm³/mol. The van der Waals surface area contributed by atoms with Gasteiger partial charge in [0.05, 0.1) is 17.4 Å². The lowest BCUT2D eigenvalue weighted by molar-refractivity contribution is 0.0950. The third kappa shape index (κ3) is 4.55. The van der Waals surface area contributed by atoms with Crippen LogP contribution in [0.15, 0.2) is 43.0 Å². The predicted octanol–water partition coefficient (Wildman–Crippen LogP) is 2.64. The maximum atomic E-state index is 12.2. The van der Waals surface area contributed by atoms with Crippen molar-refractivity contribution >= 4 is 11.6 Å². The number of carbonyl (C=O) groups is 1. The Hall–Kier alpha value is -2.43. The molecule has 0 aliphatic heterocycles. The van der Waals surface area contributed by atoms with Crippen LogP contribution in [-0.2, 0) is 6.54 Å². The van der Waals surface area contributed by atoms with Gasteiger partial charge in [-0.2, -0.15) is 0 Å². The minimum absolute atomic E-state index is 0.116. The van der Waals surface area contributed by atoms with Crippen LogP contribution in [0.2, 0.25) is 0 Å². The van der Waals surface area contributed by atoms with Crippen LogP contribution in [-0.4, -0.2) is 29.5 Å². The molecule has 116 valence electrons. The van der Waals surface area contributed by atoms with E-state index < -0.39 is 0 Å². The van der Waals surface area contributed by atoms with E-state index in [-0.39, 0.29) is 5.91 Å². The van der Waals surface area contributed by atoms with Gasteiger partial charge < -0.3 is 10.2 Å². The summed E-state index contributed by atoms with van der Waals surface area (Å²) in [5.41, 5.74) is 2.56. The van der Waals surface area contributed by atoms with E-state index in [1.54, 1.807) is 24.8 Å². The van der Waals surface area contributed by atoms with Crippen LogP contribution in [0.4, 0.5) is 5.69 Å². The van der Waals surface area contributed by atoms with Gasteiger partial charge in [-0.1, -0.05) is 13.3 Å². The van der Waals surface area contributed by atoms with Crippen LogP contribution in [0.3, 0.4) is 0 Å². The Morgan fingerprint density at radius 2 is 2.00 bits per heavy atom. The van der Waals surface area contributed by atoms with Gasteiger partial charge in [-0.05, 0) is 30.2 Å². The normalized spacial score (nSPS) is 10.3. The molecule has 2 aromatic heterocycles. The Morgan fingerprint density at radius 1 is 1.23 bits per heavy atom. The van der Waals surface area contributed by atoms with Crippen LogP contribution >= 0.6 is 0 Å². The molecule has 0 unspecified atom stereocenters.